The first-order valence-electron chi connectivity index (χ1n) is 8.14. The molecule has 30 heavy (non-hydrogen) atoms. The maximum absolute atomic E-state index is 12.3. The Morgan fingerprint density at radius 1 is 1.23 bits per heavy atom. The molecule has 12 heteroatoms. The Hall–Kier alpha value is -3.77. The van der Waals surface area contributed by atoms with Crippen molar-refractivity contribution in [3.8, 4) is 11.5 Å². The number of nitrogens with zero attached hydrogens (tertiary/aromatic N) is 1. The molecule has 0 heterocycles. The highest BCUT2D eigenvalue weighted by molar-refractivity contribution is 7.89. The van der Waals surface area contributed by atoms with Crippen molar-refractivity contribution >= 4 is 33.5 Å². The van der Waals surface area contributed by atoms with E-state index in [0.717, 1.165) is 24.3 Å². The summed E-state index contributed by atoms with van der Waals surface area (Å²) < 4.78 is 30.6. The Morgan fingerprint density at radius 3 is 2.40 bits per heavy atom. The van der Waals surface area contributed by atoms with Crippen molar-refractivity contribution in [2.45, 2.75) is 4.90 Å². The van der Waals surface area contributed by atoms with Gasteiger partial charge in [0.05, 0.1) is 16.9 Å². The number of carboxylic acids is 1. The zero-order valence-electron chi connectivity index (χ0n) is 15.4. The van der Waals surface area contributed by atoms with Crippen LogP contribution in [0.3, 0.4) is 0 Å². The summed E-state index contributed by atoms with van der Waals surface area (Å²) in [4.78, 5) is 32.8. The summed E-state index contributed by atoms with van der Waals surface area (Å²) in [6.07, 6.45) is 2.39. The largest absolute Gasteiger partial charge is 0.500 e. The van der Waals surface area contributed by atoms with Gasteiger partial charge < -0.3 is 14.9 Å². The third-order valence-electron chi connectivity index (χ3n) is 3.78. The van der Waals surface area contributed by atoms with E-state index in [2.05, 4.69) is 0 Å². The highest BCUT2D eigenvalue weighted by Gasteiger charge is 2.19. The van der Waals surface area contributed by atoms with Crippen LogP contribution in [0, 0.1) is 10.1 Å². The van der Waals surface area contributed by atoms with Crippen molar-refractivity contribution in [1.82, 2.24) is 4.72 Å². The fourth-order valence-electron chi connectivity index (χ4n) is 2.31. The van der Waals surface area contributed by atoms with Crippen LogP contribution in [0.2, 0.25) is 0 Å². The summed E-state index contributed by atoms with van der Waals surface area (Å²) >= 11 is 0. The first-order chi connectivity index (χ1) is 14.0. The van der Waals surface area contributed by atoms with Gasteiger partial charge in [-0.15, -0.1) is 0 Å². The van der Waals surface area contributed by atoms with Crippen molar-refractivity contribution in [2.75, 3.05) is 13.7 Å². The van der Waals surface area contributed by atoms with Crippen LogP contribution < -0.4 is 9.46 Å². The van der Waals surface area contributed by atoms with Crippen molar-refractivity contribution in [3.05, 3.63) is 63.7 Å². The SMILES string of the molecule is COc1cc(/C=C/C(=O)c2ccc(S(=O)(=O)NCC(=O)O)cc2)cc([N+](=O)[O-])c1O. The van der Waals surface area contributed by atoms with Gasteiger partial charge in [0.25, 0.3) is 0 Å². The Labute approximate surface area is 170 Å². The molecule has 3 N–H and O–H groups in total. The van der Waals surface area contributed by atoms with Gasteiger partial charge in [-0.2, -0.15) is 4.72 Å². The van der Waals surface area contributed by atoms with Crippen molar-refractivity contribution in [2.24, 2.45) is 0 Å². The number of hydrogen-bond acceptors (Lipinski definition) is 8. The molecule has 0 radical (unpaired) electrons. The zero-order chi connectivity index (χ0) is 22.5. The van der Waals surface area contributed by atoms with Crippen LogP contribution in [0.15, 0.2) is 47.4 Å². The van der Waals surface area contributed by atoms with Gasteiger partial charge in [-0.3, -0.25) is 19.7 Å². The number of methoxy groups -OCH3 is 1. The summed E-state index contributed by atoms with van der Waals surface area (Å²) in [6.45, 7) is -0.784. The predicted octanol–water partition coefficient (Wildman–Crippen LogP) is 1.57. The number of nitro groups is 1. The molecule has 0 fully saturated rings. The van der Waals surface area contributed by atoms with Gasteiger partial charge >= 0.3 is 11.7 Å². The molecule has 0 aliphatic rings. The minimum Gasteiger partial charge on any atom is -0.500 e. The number of aliphatic carboxylic acids is 1. The van der Waals surface area contributed by atoms with Crippen molar-refractivity contribution in [3.63, 3.8) is 0 Å². The number of phenolic OH excluding ortho intramolecular Hbond substituents is 1. The van der Waals surface area contributed by atoms with Crippen molar-refractivity contribution < 1.29 is 37.9 Å². The van der Waals surface area contributed by atoms with Crippen LogP contribution in [-0.2, 0) is 14.8 Å². The number of ketones is 1. The number of benzene rings is 2. The molecule has 0 unspecified atom stereocenters. The number of carbonyl (C=O) groups excluding carboxylic acids is 1. The topological polar surface area (TPSA) is 173 Å². The van der Waals surface area contributed by atoms with Crippen LogP contribution in [0.25, 0.3) is 6.08 Å². The molecule has 0 bridgehead atoms. The lowest BCUT2D eigenvalue weighted by atomic mass is 10.1. The number of nitrogens with one attached hydrogen (secondary N) is 1. The van der Waals surface area contributed by atoms with Gasteiger partial charge in [0.2, 0.25) is 15.8 Å². The standard InChI is InChI=1S/C18H16N2O9S/c1-29-16-9-11(8-14(18(16)24)20(25)26)2-7-15(21)12-3-5-13(6-4-12)30(27,28)19-10-17(22)23/h2-9,19,24H,10H2,1H3,(H,22,23)/b7-2+. The lowest BCUT2D eigenvalue weighted by Gasteiger charge is -2.06. The second kappa shape index (κ2) is 9.15. The van der Waals surface area contributed by atoms with E-state index in [4.69, 9.17) is 9.84 Å². The number of sulfonamides is 1. The van der Waals surface area contributed by atoms with E-state index in [1.54, 1.807) is 0 Å². The molecule has 0 aliphatic carbocycles. The van der Waals surface area contributed by atoms with Gasteiger partial charge in [0, 0.05) is 11.6 Å². The Morgan fingerprint density at radius 2 is 1.87 bits per heavy atom. The normalized spacial score (nSPS) is 11.4. The molecular weight excluding hydrogens is 420 g/mol. The highest BCUT2D eigenvalue weighted by Crippen LogP contribution is 2.37. The Balaban J connectivity index is 2.22. The number of carbonyl (C=O) groups is 2. The van der Waals surface area contributed by atoms with Crippen LogP contribution >= 0.6 is 0 Å². The summed E-state index contributed by atoms with van der Waals surface area (Å²) in [5.41, 5.74) is -0.240. The Bertz CT molecular complexity index is 1120. The molecule has 0 aromatic heterocycles. The quantitative estimate of drug-likeness (QED) is 0.228. The summed E-state index contributed by atoms with van der Waals surface area (Å²) in [7, 11) is -2.82. The molecule has 0 aliphatic heterocycles. The van der Waals surface area contributed by atoms with Gasteiger partial charge in [-0.1, -0.05) is 6.08 Å². The molecule has 0 saturated carbocycles. The summed E-state index contributed by atoms with van der Waals surface area (Å²) in [6, 6.07) is 7.12. The zero-order valence-corrected chi connectivity index (χ0v) is 16.3. The first kappa shape index (κ1) is 22.5. The number of ether oxygens (including phenoxy) is 1. The lowest BCUT2D eigenvalue weighted by Crippen LogP contribution is -2.29. The van der Waals surface area contributed by atoms with Crippen LogP contribution in [-0.4, -0.2) is 49.0 Å². The highest BCUT2D eigenvalue weighted by atomic mass is 32.2. The molecule has 158 valence electrons. The number of rotatable bonds is 9. The van der Waals surface area contributed by atoms with E-state index in [9.17, 15) is 33.2 Å². The minimum atomic E-state index is -4.04. The van der Waals surface area contributed by atoms with Crippen molar-refractivity contribution in [1.29, 1.82) is 0 Å². The van der Waals surface area contributed by atoms with E-state index in [-0.39, 0.29) is 21.8 Å². The third-order valence-corrected chi connectivity index (χ3v) is 5.20. The van der Waals surface area contributed by atoms with Crippen LogP contribution in [0.4, 0.5) is 5.69 Å². The van der Waals surface area contributed by atoms with Crippen LogP contribution in [0.1, 0.15) is 15.9 Å². The molecule has 0 amide bonds. The van der Waals surface area contributed by atoms with Crippen LogP contribution in [0.5, 0.6) is 11.5 Å². The summed E-state index contributed by atoms with van der Waals surface area (Å²) in [5, 5.41) is 29.3. The van der Waals surface area contributed by atoms with Gasteiger partial charge in [0.1, 0.15) is 6.54 Å². The third kappa shape index (κ3) is 5.40. The number of allylic oxidation sites excluding steroid dienone is 1. The molecule has 11 nitrogen and oxygen atoms in total. The maximum Gasteiger partial charge on any atom is 0.318 e. The van der Waals surface area contributed by atoms with E-state index >= 15 is 0 Å². The number of nitro benzene ring substituents is 1. The van der Waals surface area contributed by atoms with Gasteiger partial charge in [0.15, 0.2) is 11.5 Å². The molecule has 2 rings (SSSR count). The average molecular weight is 436 g/mol. The molecule has 2 aromatic carbocycles. The van der Waals surface area contributed by atoms with E-state index < -0.39 is 44.7 Å². The molecule has 0 saturated heterocycles. The van der Waals surface area contributed by atoms with E-state index in [1.807, 2.05) is 4.72 Å². The maximum atomic E-state index is 12.3. The predicted molar refractivity (Wildman–Crippen MR) is 104 cm³/mol. The molecule has 0 spiro atoms. The monoisotopic (exact) mass is 436 g/mol. The summed E-state index contributed by atoms with van der Waals surface area (Å²) in [5.74, 6) is -2.65. The first-order valence-corrected chi connectivity index (χ1v) is 9.63. The second-order valence-corrected chi connectivity index (χ2v) is 7.56. The Kier molecular flexibility index (Phi) is 6.87. The molecular formula is C18H16N2O9S. The van der Waals surface area contributed by atoms with E-state index in [1.165, 1.54) is 31.4 Å². The smallest absolute Gasteiger partial charge is 0.318 e. The minimum absolute atomic E-state index is 0.128. The number of aromatic hydroxyl groups is 1. The number of hydrogen-bond donors (Lipinski definition) is 3. The second-order valence-electron chi connectivity index (χ2n) is 5.79. The fraction of sp³-hybridized carbons (Fsp3) is 0.111. The molecule has 0 atom stereocenters. The molecule has 2 aromatic rings. The number of phenols is 1. The fourth-order valence-corrected chi connectivity index (χ4v) is 3.29. The van der Waals surface area contributed by atoms with Gasteiger partial charge in [-0.25, -0.2) is 8.42 Å². The van der Waals surface area contributed by atoms with E-state index in [0.29, 0.717) is 0 Å². The number of carboxylic acid groups (broad SMARTS) is 1. The average Bonchev–Trinajstić information content (AvgIpc) is 2.71. The van der Waals surface area contributed by atoms with Gasteiger partial charge in [-0.05, 0) is 42.0 Å². The lowest BCUT2D eigenvalue weighted by molar-refractivity contribution is -0.386.